The summed E-state index contributed by atoms with van der Waals surface area (Å²) in [4.78, 5) is 2.60. The van der Waals surface area contributed by atoms with Crippen LogP contribution in [0.5, 0.6) is 0 Å². The maximum Gasteiger partial charge on any atom is 0.0398 e. The second-order valence-electron chi connectivity index (χ2n) is 5.10. The highest BCUT2D eigenvalue weighted by atomic mass is 15.2. The first kappa shape index (κ1) is 12.4. The van der Waals surface area contributed by atoms with E-state index in [-0.39, 0.29) is 0 Å². The van der Waals surface area contributed by atoms with E-state index < -0.39 is 0 Å². The predicted molar refractivity (Wildman–Crippen MR) is 74.3 cm³/mol. The second kappa shape index (κ2) is 5.54. The van der Waals surface area contributed by atoms with Crippen molar-refractivity contribution in [2.45, 2.75) is 52.1 Å². The van der Waals surface area contributed by atoms with Crippen LogP contribution < -0.4 is 10.6 Å². The summed E-state index contributed by atoms with van der Waals surface area (Å²) >= 11 is 0. The van der Waals surface area contributed by atoms with E-state index >= 15 is 0 Å². The number of benzene rings is 1. The molecule has 0 radical (unpaired) electrons. The third-order valence-electron chi connectivity index (χ3n) is 3.55. The lowest BCUT2D eigenvalue weighted by molar-refractivity contribution is 0.711. The van der Waals surface area contributed by atoms with Gasteiger partial charge in [-0.25, -0.2) is 0 Å². The Hall–Kier alpha value is -1.02. The lowest BCUT2D eigenvalue weighted by Crippen LogP contribution is -2.27. The Bertz CT molecular complexity index is 369. The molecule has 1 fully saturated rings. The maximum absolute atomic E-state index is 5.68. The third kappa shape index (κ3) is 3.01. The average molecular weight is 232 g/mol. The van der Waals surface area contributed by atoms with Crippen molar-refractivity contribution < 1.29 is 0 Å². The zero-order valence-corrected chi connectivity index (χ0v) is 11.1. The van der Waals surface area contributed by atoms with Crippen LogP contribution in [0, 0.1) is 6.92 Å². The number of hydrogen-bond donors (Lipinski definition) is 1. The lowest BCUT2D eigenvalue weighted by Gasteiger charge is -2.26. The number of unbranched alkanes of at least 4 members (excludes halogenated alkanes) is 1. The predicted octanol–water partition coefficient (Wildman–Crippen LogP) is 3.22. The zero-order chi connectivity index (χ0) is 12.3. The molecule has 0 aromatic heterocycles. The Labute approximate surface area is 105 Å². The topological polar surface area (TPSA) is 29.3 Å². The molecule has 2 rings (SSSR count). The van der Waals surface area contributed by atoms with Crippen molar-refractivity contribution in [3.63, 3.8) is 0 Å². The molecule has 1 aromatic carbocycles. The van der Waals surface area contributed by atoms with Crippen molar-refractivity contribution in [3.05, 3.63) is 29.3 Å². The van der Waals surface area contributed by atoms with Crippen LogP contribution >= 0.6 is 0 Å². The Kier molecular flexibility index (Phi) is 4.06. The standard InChI is InChI=1S/C15H24N2/c1-3-4-9-17(14-6-7-14)15-8-5-13(11-16)10-12(15)2/h5,8,10,14H,3-4,6-7,9,11,16H2,1-2H3. The van der Waals surface area contributed by atoms with Gasteiger partial charge in [-0.1, -0.05) is 25.5 Å². The van der Waals surface area contributed by atoms with Crippen LogP contribution in [0.25, 0.3) is 0 Å². The van der Waals surface area contributed by atoms with E-state index in [1.807, 2.05) is 0 Å². The van der Waals surface area contributed by atoms with Crippen LogP contribution in [-0.2, 0) is 6.54 Å². The van der Waals surface area contributed by atoms with Crippen molar-refractivity contribution in [3.8, 4) is 0 Å². The van der Waals surface area contributed by atoms with Crippen molar-refractivity contribution in [1.82, 2.24) is 0 Å². The van der Waals surface area contributed by atoms with E-state index in [0.29, 0.717) is 6.54 Å². The molecule has 0 amide bonds. The highest BCUT2D eigenvalue weighted by molar-refractivity contribution is 5.56. The molecule has 0 unspecified atom stereocenters. The minimum atomic E-state index is 0.638. The van der Waals surface area contributed by atoms with Crippen molar-refractivity contribution in [2.75, 3.05) is 11.4 Å². The van der Waals surface area contributed by atoms with Crippen LogP contribution in [-0.4, -0.2) is 12.6 Å². The summed E-state index contributed by atoms with van der Waals surface area (Å²) in [7, 11) is 0. The number of nitrogens with zero attached hydrogens (tertiary/aromatic N) is 1. The Balaban J connectivity index is 2.16. The van der Waals surface area contributed by atoms with Gasteiger partial charge in [-0.3, -0.25) is 0 Å². The largest absolute Gasteiger partial charge is 0.368 e. The number of anilines is 1. The first-order chi connectivity index (χ1) is 8.26. The lowest BCUT2D eigenvalue weighted by atomic mass is 10.1. The molecule has 1 aliphatic rings. The van der Waals surface area contributed by atoms with Gasteiger partial charge >= 0.3 is 0 Å². The van der Waals surface area contributed by atoms with E-state index in [1.165, 1.54) is 49.0 Å². The van der Waals surface area contributed by atoms with Crippen LogP contribution in [0.4, 0.5) is 5.69 Å². The smallest absolute Gasteiger partial charge is 0.0398 e. The molecule has 1 aliphatic carbocycles. The highest BCUT2D eigenvalue weighted by Crippen LogP contribution is 2.34. The average Bonchev–Trinajstić information content (AvgIpc) is 3.15. The van der Waals surface area contributed by atoms with E-state index in [1.54, 1.807) is 0 Å². The van der Waals surface area contributed by atoms with Gasteiger partial charge in [0.15, 0.2) is 0 Å². The van der Waals surface area contributed by atoms with Gasteiger partial charge in [0.25, 0.3) is 0 Å². The number of nitrogens with two attached hydrogens (primary N) is 1. The van der Waals surface area contributed by atoms with Crippen LogP contribution in [0.1, 0.15) is 43.7 Å². The Morgan fingerprint density at radius 1 is 1.35 bits per heavy atom. The number of rotatable bonds is 6. The molecule has 0 atom stereocenters. The quantitative estimate of drug-likeness (QED) is 0.816. The Morgan fingerprint density at radius 3 is 2.65 bits per heavy atom. The highest BCUT2D eigenvalue weighted by Gasteiger charge is 2.29. The first-order valence-corrected chi connectivity index (χ1v) is 6.82. The number of aryl methyl sites for hydroxylation is 1. The minimum Gasteiger partial charge on any atom is -0.368 e. The fourth-order valence-electron chi connectivity index (χ4n) is 2.38. The van der Waals surface area contributed by atoms with Gasteiger partial charge in [0, 0.05) is 24.8 Å². The first-order valence-electron chi connectivity index (χ1n) is 6.82. The van der Waals surface area contributed by atoms with Crippen molar-refractivity contribution in [1.29, 1.82) is 0 Å². The molecular weight excluding hydrogens is 208 g/mol. The SMILES string of the molecule is CCCCN(c1ccc(CN)cc1C)C1CC1. The minimum absolute atomic E-state index is 0.638. The van der Waals surface area contributed by atoms with Gasteiger partial charge in [-0.15, -0.1) is 0 Å². The molecule has 2 nitrogen and oxygen atoms in total. The molecule has 2 heteroatoms. The normalized spacial score (nSPS) is 15.0. The molecule has 0 spiro atoms. The van der Waals surface area contributed by atoms with E-state index in [9.17, 15) is 0 Å². The maximum atomic E-state index is 5.68. The monoisotopic (exact) mass is 232 g/mol. The van der Waals surface area contributed by atoms with Gasteiger partial charge < -0.3 is 10.6 Å². The fourth-order valence-corrected chi connectivity index (χ4v) is 2.38. The molecule has 0 heterocycles. The van der Waals surface area contributed by atoms with Crippen LogP contribution in [0.15, 0.2) is 18.2 Å². The summed E-state index contributed by atoms with van der Waals surface area (Å²) in [5, 5.41) is 0. The van der Waals surface area contributed by atoms with Gasteiger partial charge in [0.2, 0.25) is 0 Å². The summed E-state index contributed by atoms with van der Waals surface area (Å²) in [6.45, 7) is 6.30. The van der Waals surface area contributed by atoms with Crippen molar-refractivity contribution >= 4 is 5.69 Å². The van der Waals surface area contributed by atoms with Gasteiger partial charge in [0.1, 0.15) is 0 Å². The molecular formula is C15H24N2. The van der Waals surface area contributed by atoms with Gasteiger partial charge in [0.05, 0.1) is 0 Å². The number of hydrogen-bond acceptors (Lipinski definition) is 2. The van der Waals surface area contributed by atoms with Crippen molar-refractivity contribution in [2.24, 2.45) is 5.73 Å². The fraction of sp³-hybridized carbons (Fsp3) is 0.600. The van der Waals surface area contributed by atoms with Crippen LogP contribution in [0.3, 0.4) is 0 Å². The second-order valence-corrected chi connectivity index (χ2v) is 5.10. The summed E-state index contributed by atoms with van der Waals surface area (Å²) in [6.07, 6.45) is 5.28. The van der Waals surface area contributed by atoms with E-state index in [2.05, 4.69) is 36.9 Å². The summed E-state index contributed by atoms with van der Waals surface area (Å²) in [5.41, 5.74) is 9.70. The molecule has 94 valence electrons. The molecule has 0 bridgehead atoms. The van der Waals surface area contributed by atoms with Gasteiger partial charge in [-0.2, -0.15) is 0 Å². The Morgan fingerprint density at radius 2 is 2.12 bits per heavy atom. The molecule has 2 N–H and O–H groups in total. The van der Waals surface area contributed by atoms with E-state index in [0.717, 1.165) is 6.04 Å². The summed E-state index contributed by atoms with van der Waals surface area (Å²) < 4.78 is 0. The van der Waals surface area contributed by atoms with Crippen LogP contribution in [0.2, 0.25) is 0 Å². The molecule has 0 aliphatic heterocycles. The molecule has 0 saturated heterocycles. The molecule has 1 aromatic rings. The third-order valence-corrected chi connectivity index (χ3v) is 3.55. The molecule has 1 saturated carbocycles. The zero-order valence-electron chi connectivity index (χ0n) is 11.1. The summed E-state index contributed by atoms with van der Waals surface area (Å²) in [5.74, 6) is 0. The summed E-state index contributed by atoms with van der Waals surface area (Å²) in [6, 6.07) is 7.45. The molecule has 17 heavy (non-hydrogen) atoms. The van der Waals surface area contributed by atoms with Gasteiger partial charge in [-0.05, 0) is 43.4 Å². The van der Waals surface area contributed by atoms with E-state index in [4.69, 9.17) is 5.73 Å².